The normalized spacial score (nSPS) is 21.0. The largest absolute Gasteiger partial charge is 0.465 e. The summed E-state index contributed by atoms with van der Waals surface area (Å²) in [6.07, 6.45) is 3.78. The summed E-state index contributed by atoms with van der Waals surface area (Å²) >= 11 is 3.21. The maximum Gasteiger partial charge on any atom is 0.405 e. The number of anilines is 1. The molecule has 0 aromatic carbocycles. The fourth-order valence-electron chi connectivity index (χ4n) is 4.17. The van der Waals surface area contributed by atoms with E-state index in [9.17, 15) is 14.7 Å². The van der Waals surface area contributed by atoms with Crippen molar-refractivity contribution in [2.75, 3.05) is 18.0 Å². The maximum absolute atomic E-state index is 12.1. The molecule has 2 aliphatic heterocycles. The number of nitrogens with zero attached hydrogens (tertiary/aromatic N) is 5. The summed E-state index contributed by atoms with van der Waals surface area (Å²) in [7, 11) is 1.71. The van der Waals surface area contributed by atoms with Crippen molar-refractivity contribution in [1.29, 1.82) is 0 Å². The van der Waals surface area contributed by atoms with Crippen molar-refractivity contribution >= 4 is 28.0 Å². The molecule has 9 nitrogen and oxygen atoms in total. The Morgan fingerprint density at radius 3 is 2.85 bits per heavy atom. The van der Waals surface area contributed by atoms with Crippen LogP contribution in [-0.4, -0.2) is 43.6 Å². The molecule has 1 spiro atoms. The highest BCUT2D eigenvalue weighted by Gasteiger charge is 2.49. The average Bonchev–Trinajstić information content (AvgIpc) is 3.15. The number of carbonyl (C=O) groups is 1. The second-order valence-electron chi connectivity index (χ2n) is 6.92. The lowest BCUT2D eigenvalue weighted by Gasteiger charge is -2.42. The van der Waals surface area contributed by atoms with Gasteiger partial charge in [-0.15, -0.1) is 0 Å². The SMILES string of the molecule is Cn1c(N2CCC3(CC2)Cn2nccc2[C@H]3NC(=O)O)ncc(Br)c1=O. The van der Waals surface area contributed by atoms with Crippen molar-refractivity contribution in [2.45, 2.75) is 25.4 Å². The molecule has 10 heteroatoms. The summed E-state index contributed by atoms with van der Waals surface area (Å²) in [5.74, 6) is 0.631. The van der Waals surface area contributed by atoms with E-state index in [0.29, 0.717) is 30.1 Å². The first-order valence-electron chi connectivity index (χ1n) is 8.39. The minimum Gasteiger partial charge on any atom is -0.465 e. The van der Waals surface area contributed by atoms with Crippen LogP contribution < -0.4 is 15.8 Å². The maximum atomic E-state index is 12.1. The average molecular weight is 423 g/mol. The molecule has 0 saturated carbocycles. The molecule has 0 radical (unpaired) electrons. The van der Waals surface area contributed by atoms with Gasteiger partial charge in [-0.25, -0.2) is 9.78 Å². The lowest BCUT2D eigenvalue weighted by molar-refractivity contribution is 0.133. The molecule has 1 saturated heterocycles. The van der Waals surface area contributed by atoms with Crippen LogP contribution in [0, 0.1) is 5.41 Å². The van der Waals surface area contributed by atoms with Gasteiger partial charge in [0.25, 0.3) is 5.56 Å². The predicted molar refractivity (Wildman–Crippen MR) is 97.2 cm³/mol. The number of rotatable bonds is 2. The predicted octanol–water partition coefficient (Wildman–Crippen LogP) is 1.35. The number of carboxylic acid groups (broad SMARTS) is 1. The Labute approximate surface area is 157 Å². The van der Waals surface area contributed by atoms with Gasteiger partial charge in [-0.1, -0.05) is 0 Å². The van der Waals surface area contributed by atoms with Gasteiger partial charge in [0.1, 0.15) is 4.47 Å². The molecule has 4 heterocycles. The van der Waals surface area contributed by atoms with Crippen LogP contribution >= 0.6 is 15.9 Å². The highest BCUT2D eigenvalue weighted by atomic mass is 79.9. The van der Waals surface area contributed by atoms with Crippen LogP contribution in [-0.2, 0) is 13.6 Å². The van der Waals surface area contributed by atoms with E-state index in [1.54, 1.807) is 13.2 Å². The molecule has 2 aromatic rings. The van der Waals surface area contributed by atoms with E-state index < -0.39 is 6.09 Å². The molecule has 2 aromatic heterocycles. The monoisotopic (exact) mass is 422 g/mol. The van der Waals surface area contributed by atoms with E-state index in [-0.39, 0.29) is 17.0 Å². The highest BCUT2D eigenvalue weighted by molar-refractivity contribution is 9.10. The third-order valence-electron chi connectivity index (χ3n) is 5.53. The van der Waals surface area contributed by atoms with Gasteiger partial charge < -0.3 is 15.3 Å². The van der Waals surface area contributed by atoms with Gasteiger partial charge in [0.05, 0.1) is 17.9 Å². The molecule has 26 heavy (non-hydrogen) atoms. The van der Waals surface area contributed by atoms with E-state index in [0.717, 1.165) is 18.5 Å². The van der Waals surface area contributed by atoms with Crippen molar-refractivity contribution in [3.05, 3.63) is 39.0 Å². The molecule has 1 fully saturated rings. The number of hydrogen-bond acceptors (Lipinski definition) is 5. The van der Waals surface area contributed by atoms with Crippen LogP contribution in [0.5, 0.6) is 0 Å². The van der Waals surface area contributed by atoms with Gasteiger partial charge in [0.15, 0.2) is 0 Å². The lowest BCUT2D eigenvalue weighted by Crippen LogP contribution is -2.48. The summed E-state index contributed by atoms with van der Waals surface area (Å²) < 4.78 is 3.86. The summed E-state index contributed by atoms with van der Waals surface area (Å²) in [5, 5.41) is 16.3. The highest BCUT2D eigenvalue weighted by Crippen LogP contribution is 2.49. The van der Waals surface area contributed by atoms with Crippen LogP contribution in [0.4, 0.5) is 10.7 Å². The number of halogens is 1. The Balaban J connectivity index is 1.58. The minimum atomic E-state index is -1.02. The zero-order valence-electron chi connectivity index (χ0n) is 14.2. The first kappa shape index (κ1) is 17.1. The fourth-order valence-corrected chi connectivity index (χ4v) is 4.54. The van der Waals surface area contributed by atoms with Gasteiger partial charge in [-0.2, -0.15) is 5.10 Å². The number of fused-ring (bicyclic) bond motifs is 1. The van der Waals surface area contributed by atoms with Crippen LogP contribution in [0.2, 0.25) is 0 Å². The van der Waals surface area contributed by atoms with E-state index >= 15 is 0 Å². The van der Waals surface area contributed by atoms with E-state index in [1.807, 2.05) is 10.7 Å². The fraction of sp³-hybridized carbons (Fsp3) is 0.500. The third kappa shape index (κ3) is 2.59. The molecule has 138 valence electrons. The summed E-state index contributed by atoms with van der Waals surface area (Å²) in [5.41, 5.74) is 0.587. The van der Waals surface area contributed by atoms with E-state index in [2.05, 4.69) is 36.2 Å². The second-order valence-corrected chi connectivity index (χ2v) is 7.77. The topological polar surface area (TPSA) is 105 Å². The van der Waals surface area contributed by atoms with E-state index in [4.69, 9.17) is 0 Å². The molecule has 2 N–H and O–H groups in total. The smallest absolute Gasteiger partial charge is 0.405 e. The lowest BCUT2D eigenvalue weighted by atomic mass is 9.73. The quantitative estimate of drug-likeness (QED) is 0.756. The molecule has 0 aliphatic carbocycles. The Bertz CT molecular complexity index is 915. The van der Waals surface area contributed by atoms with Gasteiger partial charge in [0.2, 0.25) is 5.95 Å². The first-order valence-corrected chi connectivity index (χ1v) is 9.18. The van der Waals surface area contributed by atoms with Gasteiger partial charge in [-0.3, -0.25) is 14.0 Å². The molecule has 1 atom stereocenters. The van der Waals surface area contributed by atoms with Crippen LogP contribution in [0.3, 0.4) is 0 Å². The number of aromatic nitrogens is 4. The summed E-state index contributed by atoms with van der Waals surface area (Å²) in [6.45, 7) is 2.09. The van der Waals surface area contributed by atoms with Crippen LogP contribution in [0.1, 0.15) is 24.6 Å². The molecular weight excluding hydrogens is 404 g/mol. The molecule has 4 rings (SSSR count). The van der Waals surface area contributed by atoms with Crippen molar-refractivity contribution in [3.8, 4) is 0 Å². The summed E-state index contributed by atoms with van der Waals surface area (Å²) in [6, 6.07) is 1.60. The first-order chi connectivity index (χ1) is 12.4. The van der Waals surface area contributed by atoms with Gasteiger partial charge in [0, 0.05) is 38.3 Å². The summed E-state index contributed by atoms with van der Waals surface area (Å²) in [4.78, 5) is 29.9. The van der Waals surface area contributed by atoms with Crippen LogP contribution in [0.15, 0.2) is 27.7 Å². The van der Waals surface area contributed by atoms with Crippen molar-refractivity contribution in [3.63, 3.8) is 0 Å². The number of nitrogens with one attached hydrogen (secondary N) is 1. The Morgan fingerprint density at radius 1 is 1.42 bits per heavy atom. The standard InChI is InChI=1S/C16H19BrN6O3/c1-21-13(24)10(17)8-18-14(21)22-6-3-16(4-7-22)9-23-11(2-5-19-23)12(16)20-15(25)26/h2,5,8,12,20H,3-4,6-7,9H2,1H3,(H,25,26)/t12-/m1/s1. The minimum absolute atomic E-state index is 0.123. The van der Waals surface area contributed by atoms with Crippen LogP contribution in [0.25, 0.3) is 0 Å². The third-order valence-corrected chi connectivity index (χ3v) is 6.08. The van der Waals surface area contributed by atoms with Gasteiger partial charge >= 0.3 is 6.09 Å². The molecule has 0 unspecified atom stereocenters. The number of hydrogen-bond donors (Lipinski definition) is 2. The molecule has 2 aliphatic rings. The Morgan fingerprint density at radius 2 is 2.15 bits per heavy atom. The molecule has 0 bridgehead atoms. The zero-order valence-corrected chi connectivity index (χ0v) is 15.8. The zero-order chi connectivity index (χ0) is 18.5. The van der Waals surface area contributed by atoms with Gasteiger partial charge in [-0.05, 0) is 34.8 Å². The van der Waals surface area contributed by atoms with Crippen molar-refractivity contribution in [2.24, 2.45) is 12.5 Å². The number of piperidine rings is 1. The Kier molecular flexibility index (Phi) is 4.02. The van der Waals surface area contributed by atoms with Crippen molar-refractivity contribution < 1.29 is 9.90 Å². The van der Waals surface area contributed by atoms with E-state index in [1.165, 1.54) is 10.8 Å². The molecular formula is C16H19BrN6O3. The van der Waals surface area contributed by atoms with Crippen molar-refractivity contribution in [1.82, 2.24) is 24.6 Å². The molecule has 1 amide bonds. The Hall–Kier alpha value is -2.36. The second kappa shape index (κ2) is 6.11. The number of amides is 1.